The van der Waals surface area contributed by atoms with Crippen LogP contribution in [0.25, 0.3) is 0 Å². The summed E-state index contributed by atoms with van der Waals surface area (Å²) in [7, 11) is 0. The minimum atomic E-state index is -2.29. The molecule has 0 saturated heterocycles. The van der Waals surface area contributed by atoms with Crippen LogP contribution < -0.4 is 3.58 Å². The van der Waals surface area contributed by atoms with E-state index in [1.807, 2.05) is 0 Å². The van der Waals surface area contributed by atoms with Crippen LogP contribution in [-0.4, -0.2) is 18.4 Å². The first-order chi connectivity index (χ1) is 9.68. The van der Waals surface area contributed by atoms with E-state index in [0.717, 1.165) is 0 Å². The first-order valence-corrected chi connectivity index (χ1v) is 15.9. The Kier molecular flexibility index (Phi) is 8.83. The van der Waals surface area contributed by atoms with Crippen LogP contribution in [0, 0.1) is 5.82 Å². The monoisotopic (exact) mass is 386 g/mol. The van der Waals surface area contributed by atoms with E-state index in [9.17, 15) is 4.39 Å². The zero-order valence-corrected chi connectivity index (χ0v) is 16.4. The average molecular weight is 385 g/mol. The van der Waals surface area contributed by atoms with Gasteiger partial charge in [0.2, 0.25) is 0 Å². The molecule has 0 aliphatic heterocycles. The fourth-order valence-electron chi connectivity index (χ4n) is 3.16. The fourth-order valence-corrected chi connectivity index (χ4v) is 19.1. The summed E-state index contributed by atoms with van der Waals surface area (Å²) in [5.74, 6) is -0.0876. The van der Waals surface area contributed by atoms with E-state index in [2.05, 4.69) is 32.9 Å². The second kappa shape index (κ2) is 9.81. The third-order valence-corrected chi connectivity index (χ3v) is 20.2. The second-order valence-corrected chi connectivity index (χ2v) is 19.3. The van der Waals surface area contributed by atoms with Gasteiger partial charge < -0.3 is 0 Å². The van der Waals surface area contributed by atoms with Crippen molar-refractivity contribution in [2.45, 2.75) is 72.6 Å². The SMILES string of the molecule is CCC[CH2][Sn]([CH2]CCC)([CH2]CCC)[c]1ccc(F)cc1. The minimum absolute atomic E-state index is 0.0876. The van der Waals surface area contributed by atoms with E-state index in [4.69, 9.17) is 0 Å². The number of unbranched alkanes of at least 4 members (excludes halogenated alkanes) is 3. The maximum absolute atomic E-state index is 13.3. The van der Waals surface area contributed by atoms with Crippen molar-refractivity contribution in [2.24, 2.45) is 0 Å². The molecule has 0 aromatic heterocycles. The molecule has 0 unspecified atom stereocenters. The van der Waals surface area contributed by atoms with E-state index in [0.29, 0.717) is 0 Å². The predicted octanol–water partition coefficient (Wildman–Crippen LogP) is 5.88. The van der Waals surface area contributed by atoms with Crippen LogP contribution in [0.3, 0.4) is 0 Å². The van der Waals surface area contributed by atoms with Gasteiger partial charge in [-0.1, -0.05) is 0 Å². The Morgan fingerprint density at radius 3 is 1.50 bits per heavy atom. The van der Waals surface area contributed by atoms with Gasteiger partial charge in [0.15, 0.2) is 0 Å². The Labute approximate surface area is 129 Å². The summed E-state index contributed by atoms with van der Waals surface area (Å²) < 4.78 is 19.2. The Bertz CT molecular complexity index is 336. The van der Waals surface area contributed by atoms with Crippen LogP contribution in [0.15, 0.2) is 24.3 Å². The third kappa shape index (κ3) is 5.38. The molecule has 0 amide bonds. The molecule has 0 heterocycles. The molecular weight excluding hydrogens is 354 g/mol. The van der Waals surface area contributed by atoms with Crippen molar-refractivity contribution in [3.05, 3.63) is 30.1 Å². The Hall–Kier alpha value is -0.0513. The van der Waals surface area contributed by atoms with Gasteiger partial charge in [-0.15, -0.1) is 0 Å². The van der Waals surface area contributed by atoms with Gasteiger partial charge in [-0.2, -0.15) is 0 Å². The van der Waals surface area contributed by atoms with Crippen LogP contribution in [-0.2, 0) is 0 Å². The molecule has 0 bridgehead atoms. The molecule has 0 aliphatic rings. The molecule has 1 rings (SSSR count). The van der Waals surface area contributed by atoms with E-state index in [1.165, 1.54) is 51.8 Å². The fraction of sp³-hybridized carbons (Fsp3) is 0.667. The molecule has 114 valence electrons. The average Bonchev–Trinajstić information content (AvgIpc) is 2.48. The molecule has 0 aliphatic carbocycles. The van der Waals surface area contributed by atoms with Crippen molar-refractivity contribution in [1.29, 1.82) is 0 Å². The molecule has 1 aromatic carbocycles. The number of halogens is 1. The number of rotatable bonds is 10. The molecular formula is C18H31FSn. The second-order valence-electron chi connectivity index (χ2n) is 6.10. The number of benzene rings is 1. The maximum atomic E-state index is 13.3. The van der Waals surface area contributed by atoms with Gasteiger partial charge in [-0.25, -0.2) is 0 Å². The van der Waals surface area contributed by atoms with Crippen molar-refractivity contribution in [1.82, 2.24) is 0 Å². The molecule has 0 saturated carbocycles. The Morgan fingerprint density at radius 1 is 0.750 bits per heavy atom. The van der Waals surface area contributed by atoms with Crippen molar-refractivity contribution >= 4 is 22.0 Å². The third-order valence-electron chi connectivity index (χ3n) is 4.48. The van der Waals surface area contributed by atoms with Crippen LogP contribution >= 0.6 is 0 Å². The van der Waals surface area contributed by atoms with E-state index >= 15 is 0 Å². The molecule has 0 atom stereocenters. The quantitative estimate of drug-likeness (QED) is 0.441. The summed E-state index contributed by atoms with van der Waals surface area (Å²) >= 11 is -2.29. The van der Waals surface area contributed by atoms with Gasteiger partial charge in [0.1, 0.15) is 0 Å². The predicted molar refractivity (Wildman–Crippen MR) is 90.9 cm³/mol. The summed E-state index contributed by atoms with van der Waals surface area (Å²) in [4.78, 5) is 0. The van der Waals surface area contributed by atoms with Crippen molar-refractivity contribution < 1.29 is 4.39 Å². The summed E-state index contributed by atoms with van der Waals surface area (Å²) in [6.07, 6.45) is 7.96. The van der Waals surface area contributed by atoms with E-state index < -0.39 is 18.4 Å². The number of hydrogen-bond donors (Lipinski definition) is 0. The molecule has 0 fully saturated rings. The van der Waals surface area contributed by atoms with Gasteiger partial charge in [-0.3, -0.25) is 0 Å². The summed E-state index contributed by atoms with van der Waals surface area (Å²) in [5, 5.41) is 0. The molecule has 20 heavy (non-hydrogen) atoms. The summed E-state index contributed by atoms with van der Waals surface area (Å²) in [5.41, 5.74) is 0. The van der Waals surface area contributed by atoms with Crippen molar-refractivity contribution in [3.8, 4) is 0 Å². The first-order valence-electron chi connectivity index (χ1n) is 8.44. The van der Waals surface area contributed by atoms with E-state index in [1.54, 1.807) is 15.7 Å². The van der Waals surface area contributed by atoms with Gasteiger partial charge in [0.25, 0.3) is 0 Å². The molecule has 0 spiro atoms. The first kappa shape index (κ1) is 18.0. The zero-order valence-electron chi connectivity index (χ0n) is 13.6. The van der Waals surface area contributed by atoms with Gasteiger partial charge >= 0.3 is 129 Å². The van der Waals surface area contributed by atoms with E-state index in [-0.39, 0.29) is 5.82 Å². The van der Waals surface area contributed by atoms with Crippen molar-refractivity contribution in [3.63, 3.8) is 0 Å². The number of hydrogen-bond acceptors (Lipinski definition) is 0. The van der Waals surface area contributed by atoms with Crippen LogP contribution in [0.1, 0.15) is 59.3 Å². The van der Waals surface area contributed by atoms with Crippen molar-refractivity contribution in [2.75, 3.05) is 0 Å². The topological polar surface area (TPSA) is 0 Å². The molecule has 0 nitrogen and oxygen atoms in total. The Balaban J connectivity index is 3.00. The van der Waals surface area contributed by atoms with Crippen LogP contribution in [0.2, 0.25) is 13.3 Å². The molecule has 2 heteroatoms. The van der Waals surface area contributed by atoms with Gasteiger partial charge in [0, 0.05) is 0 Å². The standard InChI is InChI=1S/C6H4F.3C4H9.Sn/c7-6-4-2-1-3-5-6;3*1-3-4-2;/h2-5H;3*1,3-4H2,2H3;. The zero-order chi connectivity index (χ0) is 14.8. The normalized spacial score (nSPS) is 11.8. The molecule has 1 aromatic rings. The summed E-state index contributed by atoms with van der Waals surface area (Å²) in [6, 6.07) is 7.61. The van der Waals surface area contributed by atoms with Crippen LogP contribution in [0.4, 0.5) is 4.39 Å². The van der Waals surface area contributed by atoms with Crippen LogP contribution in [0.5, 0.6) is 0 Å². The van der Waals surface area contributed by atoms with Gasteiger partial charge in [0.05, 0.1) is 0 Å². The summed E-state index contributed by atoms with van der Waals surface area (Å²) in [6.45, 7) is 6.88. The molecule has 0 radical (unpaired) electrons. The molecule has 0 N–H and O–H groups in total. The van der Waals surface area contributed by atoms with Gasteiger partial charge in [-0.05, 0) is 0 Å². The Morgan fingerprint density at radius 2 is 1.15 bits per heavy atom.